The Hall–Kier alpha value is -2.17. The molecule has 4 atom stereocenters. The van der Waals surface area contributed by atoms with E-state index in [2.05, 4.69) is 0 Å². The molecular weight excluding hydrogens is 400 g/mol. The number of hydrogen-bond acceptors (Lipinski definition) is 8. The van der Waals surface area contributed by atoms with E-state index < -0.39 is 35.0 Å². The largest absolute Gasteiger partial charge is 0.465 e. The van der Waals surface area contributed by atoms with Crippen LogP contribution in [0.4, 0.5) is 0 Å². The molecule has 0 saturated carbocycles. The standard InChI is InChI=1S/C20H26O8S/c1-13(21)25-15(3)27-17-5-9-19(10-6-17)29(23,24)20-11-7-18(8-12-20)28-16(4)26-14(2)22/h5-16,21-22H,1-4H3. The Balaban J connectivity index is 2.08. The molecule has 2 N–H and O–H groups in total. The van der Waals surface area contributed by atoms with Crippen molar-refractivity contribution in [2.24, 2.45) is 0 Å². The minimum atomic E-state index is -3.72. The molecule has 2 aromatic rings. The van der Waals surface area contributed by atoms with Gasteiger partial charge < -0.3 is 29.2 Å². The second kappa shape index (κ2) is 10.0. The van der Waals surface area contributed by atoms with Crippen molar-refractivity contribution in [2.45, 2.75) is 62.6 Å². The van der Waals surface area contributed by atoms with Gasteiger partial charge in [0.25, 0.3) is 0 Å². The van der Waals surface area contributed by atoms with Crippen LogP contribution < -0.4 is 9.47 Å². The van der Waals surface area contributed by atoms with E-state index in [0.29, 0.717) is 11.5 Å². The Morgan fingerprint density at radius 2 is 0.966 bits per heavy atom. The normalized spacial score (nSPS) is 15.9. The molecule has 0 radical (unpaired) electrons. The van der Waals surface area contributed by atoms with Crippen LogP contribution in [0, 0.1) is 0 Å². The van der Waals surface area contributed by atoms with E-state index >= 15 is 0 Å². The van der Waals surface area contributed by atoms with Crippen LogP contribution in [0.1, 0.15) is 27.7 Å². The maximum Gasteiger partial charge on any atom is 0.206 e. The fraction of sp³-hybridized carbons (Fsp3) is 0.400. The minimum Gasteiger partial charge on any atom is -0.465 e. The predicted molar refractivity (Wildman–Crippen MR) is 104 cm³/mol. The van der Waals surface area contributed by atoms with Gasteiger partial charge in [0.2, 0.25) is 9.84 Å². The maximum absolute atomic E-state index is 12.8. The zero-order chi connectivity index (χ0) is 21.6. The molecule has 0 aliphatic heterocycles. The summed E-state index contributed by atoms with van der Waals surface area (Å²) in [4.78, 5) is 0.210. The van der Waals surface area contributed by atoms with Crippen molar-refractivity contribution < 1.29 is 37.6 Å². The number of hydrogen-bond donors (Lipinski definition) is 2. The summed E-state index contributed by atoms with van der Waals surface area (Å²) in [5, 5.41) is 18.4. The molecular formula is C20H26O8S. The Bertz CT molecular complexity index is 793. The van der Waals surface area contributed by atoms with Gasteiger partial charge in [0.15, 0.2) is 25.2 Å². The van der Waals surface area contributed by atoms with Gasteiger partial charge in [-0.2, -0.15) is 0 Å². The van der Waals surface area contributed by atoms with Crippen LogP contribution in [-0.2, 0) is 19.3 Å². The monoisotopic (exact) mass is 426 g/mol. The van der Waals surface area contributed by atoms with E-state index in [1.54, 1.807) is 13.8 Å². The topological polar surface area (TPSA) is 112 Å². The van der Waals surface area contributed by atoms with Gasteiger partial charge in [-0.25, -0.2) is 8.42 Å². The summed E-state index contributed by atoms with van der Waals surface area (Å²) in [6.07, 6.45) is -3.33. The van der Waals surface area contributed by atoms with Gasteiger partial charge in [-0.1, -0.05) is 0 Å². The van der Waals surface area contributed by atoms with Crippen LogP contribution in [0.25, 0.3) is 0 Å². The average Bonchev–Trinajstić information content (AvgIpc) is 2.61. The second-order valence-electron chi connectivity index (χ2n) is 6.29. The summed E-state index contributed by atoms with van der Waals surface area (Å²) >= 11 is 0. The molecule has 0 heterocycles. The lowest BCUT2D eigenvalue weighted by molar-refractivity contribution is -0.180. The van der Waals surface area contributed by atoms with Crippen molar-refractivity contribution >= 4 is 9.84 Å². The number of sulfone groups is 1. The molecule has 0 bridgehead atoms. The molecule has 0 aliphatic rings. The maximum atomic E-state index is 12.8. The van der Waals surface area contributed by atoms with E-state index in [4.69, 9.17) is 18.9 Å². The van der Waals surface area contributed by atoms with E-state index in [9.17, 15) is 18.6 Å². The highest BCUT2D eigenvalue weighted by Gasteiger charge is 2.18. The van der Waals surface area contributed by atoms with Gasteiger partial charge >= 0.3 is 0 Å². The lowest BCUT2D eigenvalue weighted by atomic mass is 10.3. The molecule has 9 heteroatoms. The van der Waals surface area contributed by atoms with Gasteiger partial charge in [-0.05, 0) is 76.2 Å². The average molecular weight is 426 g/mol. The molecule has 0 saturated heterocycles. The molecule has 29 heavy (non-hydrogen) atoms. The number of aliphatic hydroxyl groups excluding tert-OH is 2. The Morgan fingerprint density at radius 1 is 0.655 bits per heavy atom. The summed E-state index contributed by atoms with van der Waals surface area (Å²) in [6, 6.07) is 11.8. The first-order chi connectivity index (χ1) is 13.6. The van der Waals surface area contributed by atoms with E-state index in [1.807, 2.05) is 0 Å². The Kier molecular flexibility index (Phi) is 8.00. The van der Waals surface area contributed by atoms with Gasteiger partial charge in [-0.3, -0.25) is 0 Å². The van der Waals surface area contributed by atoms with Crippen LogP contribution in [-0.4, -0.2) is 43.8 Å². The second-order valence-corrected chi connectivity index (χ2v) is 8.24. The quantitative estimate of drug-likeness (QED) is 0.558. The molecule has 0 spiro atoms. The van der Waals surface area contributed by atoms with Crippen molar-refractivity contribution in [3.63, 3.8) is 0 Å². The number of rotatable bonds is 10. The molecule has 0 aromatic heterocycles. The summed E-state index contributed by atoms with van der Waals surface area (Å²) < 4.78 is 46.6. The van der Waals surface area contributed by atoms with Crippen molar-refractivity contribution in [3.05, 3.63) is 48.5 Å². The van der Waals surface area contributed by atoms with Gasteiger partial charge in [0.1, 0.15) is 11.5 Å². The van der Waals surface area contributed by atoms with Gasteiger partial charge in [0.05, 0.1) is 9.79 Å². The SMILES string of the molecule is CC(O)OC(C)Oc1ccc(S(=O)(=O)c2ccc(OC(C)OC(C)O)cc2)cc1. The van der Waals surface area contributed by atoms with E-state index in [0.717, 1.165) is 0 Å². The molecule has 4 unspecified atom stereocenters. The molecule has 8 nitrogen and oxygen atoms in total. The van der Waals surface area contributed by atoms with Crippen molar-refractivity contribution in [1.29, 1.82) is 0 Å². The lowest BCUT2D eigenvalue weighted by Gasteiger charge is -2.17. The third kappa shape index (κ3) is 6.98. The van der Waals surface area contributed by atoms with Gasteiger partial charge in [0, 0.05) is 0 Å². The fourth-order valence-electron chi connectivity index (χ4n) is 2.52. The first-order valence-electron chi connectivity index (χ1n) is 9.03. The minimum absolute atomic E-state index is 0.105. The van der Waals surface area contributed by atoms with Crippen LogP contribution >= 0.6 is 0 Å². The van der Waals surface area contributed by atoms with Crippen LogP contribution in [0.2, 0.25) is 0 Å². The molecule has 0 aliphatic carbocycles. The van der Waals surface area contributed by atoms with Gasteiger partial charge in [-0.15, -0.1) is 0 Å². The summed E-state index contributed by atoms with van der Waals surface area (Å²) in [6.45, 7) is 6.17. The summed E-state index contributed by atoms with van der Waals surface area (Å²) in [5.41, 5.74) is 0. The van der Waals surface area contributed by atoms with E-state index in [-0.39, 0.29) is 9.79 Å². The summed E-state index contributed by atoms with van der Waals surface area (Å²) in [7, 11) is -3.72. The highest BCUT2D eigenvalue weighted by molar-refractivity contribution is 7.91. The lowest BCUT2D eigenvalue weighted by Crippen LogP contribution is -2.22. The molecule has 2 rings (SSSR count). The van der Waals surface area contributed by atoms with Crippen molar-refractivity contribution in [3.8, 4) is 11.5 Å². The number of ether oxygens (including phenoxy) is 4. The molecule has 160 valence electrons. The number of benzene rings is 2. The predicted octanol–water partition coefficient (Wildman–Crippen LogP) is 2.68. The van der Waals surface area contributed by atoms with Crippen molar-refractivity contribution in [2.75, 3.05) is 0 Å². The summed E-state index contributed by atoms with van der Waals surface area (Å²) in [5.74, 6) is 0.820. The van der Waals surface area contributed by atoms with E-state index in [1.165, 1.54) is 62.4 Å². The number of aliphatic hydroxyl groups is 2. The smallest absolute Gasteiger partial charge is 0.206 e. The fourth-order valence-corrected chi connectivity index (χ4v) is 3.79. The van der Waals surface area contributed by atoms with Crippen LogP contribution in [0.5, 0.6) is 11.5 Å². The molecule has 0 amide bonds. The highest BCUT2D eigenvalue weighted by atomic mass is 32.2. The van der Waals surface area contributed by atoms with Crippen molar-refractivity contribution in [1.82, 2.24) is 0 Å². The Morgan fingerprint density at radius 3 is 1.24 bits per heavy atom. The third-order valence-electron chi connectivity index (χ3n) is 3.65. The molecule has 2 aromatic carbocycles. The third-order valence-corrected chi connectivity index (χ3v) is 5.43. The first kappa shape index (κ1) is 23.1. The highest BCUT2D eigenvalue weighted by Crippen LogP contribution is 2.25. The van der Waals surface area contributed by atoms with Crippen LogP contribution in [0.3, 0.4) is 0 Å². The van der Waals surface area contributed by atoms with Crippen LogP contribution in [0.15, 0.2) is 58.3 Å². The zero-order valence-corrected chi connectivity index (χ0v) is 17.5. The Labute approximate surface area is 170 Å². The first-order valence-corrected chi connectivity index (χ1v) is 10.5. The molecule has 0 fully saturated rings. The zero-order valence-electron chi connectivity index (χ0n) is 16.7.